The number of nitrogens with one attached hydrogen (secondary N) is 1. The average molecular weight is 792 g/mol. The molecule has 6 nitrogen and oxygen atoms in total. The van der Waals surface area contributed by atoms with Gasteiger partial charge in [0, 0.05) is 12.8 Å². The molecule has 2 unspecified atom stereocenters. The highest BCUT2D eigenvalue weighted by Gasteiger charge is 2.18. The van der Waals surface area contributed by atoms with E-state index in [0.29, 0.717) is 19.4 Å². The van der Waals surface area contributed by atoms with Crippen LogP contribution in [0.2, 0.25) is 0 Å². The summed E-state index contributed by atoms with van der Waals surface area (Å²) in [5.41, 5.74) is 0. The molecule has 0 aliphatic carbocycles. The molecule has 0 aromatic carbocycles. The molecule has 0 saturated heterocycles. The Labute approximate surface area is 349 Å². The average Bonchev–Trinajstić information content (AvgIpc) is 3.20. The first-order chi connectivity index (χ1) is 27.5. The Bertz CT molecular complexity index is 832. The molecule has 0 saturated carbocycles. The summed E-state index contributed by atoms with van der Waals surface area (Å²) >= 11 is 0. The summed E-state index contributed by atoms with van der Waals surface area (Å²) in [6.07, 6.45) is 52.0. The van der Waals surface area contributed by atoms with Crippen LogP contribution in [0.15, 0.2) is 12.2 Å². The topological polar surface area (TPSA) is 95.9 Å². The van der Waals surface area contributed by atoms with Crippen molar-refractivity contribution < 1.29 is 24.5 Å². The molecule has 1 amide bonds. The lowest BCUT2D eigenvalue weighted by Gasteiger charge is -2.20. The zero-order chi connectivity index (χ0) is 40.8. The highest BCUT2D eigenvalue weighted by Crippen LogP contribution is 2.16. The summed E-state index contributed by atoms with van der Waals surface area (Å²) in [7, 11) is 0. The normalized spacial score (nSPS) is 12.7. The highest BCUT2D eigenvalue weighted by molar-refractivity contribution is 5.76. The lowest BCUT2D eigenvalue weighted by Crippen LogP contribution is -2.45. The molecule has 0 rings (SSSR count). The lowest BCUT2D eigenvalue weighted by molar-refractivity contribution is -0.143. The molecule has 3 N–H and O–H groups in total. The molecular weight excluding hydrogens is 695 g/mol. The van der Waals surface area contributed by atoms with Crippen LogP contribution in [0, 0.1) is 0 Å². The predicted molar refractivity (Wildman–Crippen MR) is 241 cm³/mol. The van der Waals surface area contributed by atoms with Gasteiger partial charge in [-0.2, -0.15) is 0 Å². The number of allylic oxidation sites excluding steroid dienone is 1. The van der Waals surface area contributed by atoms with Gasteiger partial charge in [0.05, 0.1) is 25.4 Å². The molecule has 56 heavy (non-hydrogen) atoms. The van der Waals surface area contributed by atoms with Crippen molar-refractivity contribution in [2.24, 2.45) is 0 Å². The van der Waals surface area contributed by atoms with Crippen molar-refractivity contribution in [1.29, 1.82) is 0 Å². The first-order valence-corrected chi connectivity index (χ1v) is 25.0. The zero-order valence-corrected chi connectivity index (χ0v) is 37.6. The molecule has 6 heteroatoms. The number of hydrogen-bond acceptors (Lipinski definition) is 5. The summed E-state index contributed by atoms with van der Waals surface area (Å²) in [5.74, 6) is -0.0989. The second-order valence-corrected chi connectivity index (χ2v) is 17.2. The number of rotatable bonds is 46. The van der Waals surface area contributed by atoms with Crippen molar-refractivity contribution >= 4 is 11.9 Å². The highest BCUT2D eigenvalue weighted by atomic mass is 16.5. The number of aliphatic hydroxyl groups excluding tert-OH is 2. The van der Waals surface area contributed by atoms with Gasteiger partial charge in [-0.15, -0.1) is 0 Å². The van der Waals surface area contributed by atoms with E-state index in [9.17, 15) is 19.8 Å². The Morgan fingerprint density at radius 1 is 0.482 bits per heavy atom. The zero-order valence-electron chi connectivity index (χ0n) is 37.6. The molecular formula is C50H97NO5. The monoisotopic (exact) mass is 792 g/mol. The Morgan fingerprint density at radius 2 is 0.821 bits per heavy atom. The maximum Gasteiger partial charge on any atom is 0.305 e. The maximum atomic E-state index is 12.4. The van der Waals surface area contributed by atoms with Gasteiger partial charge < -0.3 is 20.3 Å². The quantitative estimate of drug-likeness (QED) is 0.0324. The number of unbranched alkanes of at least 4 members (excludes halogenated alkanes) is 35. The third-order valence-electron chi connectivity index (χ3n) is 11.6. The Kier molecular flexibility index (Phi) is 45.1. The minimum absolute atomic E-state index is 0.0122. The number of aliphatic hydroxyl groups is 2. The fraction of sp³-hybridized carbons (Fsp3) is 0.920. The van der Waals surface area contributed by atoms with Crippen molar-refractivity contribution in [2.45, 2.75) is 283 Å². The van der Waals surface area contributed by atoms with Gasteiger partial charge in [-0.25, -0.2) is 0 Å². The number of hydrogen-bond donors (Lipinski definition) is 3. The third kappa shape index (κ3) is 42.2. The van der Waals surface area contributed by atoms with Gasteiger partial charge in [0.25, 0.3) is 0 Å². The fourth-order valence-electron chi connectivity index (χ4n) is 7.69. The van der Waals surface area contributed by atoms with E-state index in [1.54, 1.807) is 6.08 Å². The molecule has 0 fully saturated rings. The molecule has 332 valence electrons. The Hall–Kier alpha value is -1.40. The van der Waals surface area contributed by atoms with Gasteiger partial charge in [-0.1, -0.05) is 238 Å². The molecule has 0 aliphatic heterocycles. The number of carbonyl (C=O) groups is 2. The van der Waals surface area contributed by atoms with Crippen LogP contribution in [0.1, 0.15) is 271 Å². The van der Waals surface area contributed by atoms with Gasteiger partial charge in [-0.05, 0) is 32.1 Å². The number of amides is 1. The van der Waals surface area contributed by atoms with Gasteiger partial charge >= 0.3 is 5.97 Å². The Balaban J connectivity index is 3.47. The van der Waals surface area contributed by atoms with Crippen LogP contribution >= 0.6 is 0 Å². The second kappa shape index (κ2) is 46.3. The molecule has 0 aromatic heterocycles. The molecule has 0 radical (unpaired) electrons. The van der Waals surface area contributed by atoms with Crippen LogP contribution in [0.4, 0.5) is 0 Å². The van der Waals surface area contributed by atoms with E-state index in [-0.39, 0.29) is 18.5 Å². The number of ether oxygens (including phenoxy) is 1. The van der Waals surface area contributed by atoms with E-state index in [1.807, 2.05) is 6.08 Å². The van der Waals surface area contributed by atoms with Gasteiger partial charge in [0.1, 0.15) is 0 Å². The van der Waals surface area contributed by atoms with E-state index >= 15 is 0 Å². The van der Waals surface area contributed by atoms with Crippen LogP contribution < -0.4 is 5.32 Å². The molecule has 0 heterocycles. The number of esters is 1. The van der Waals surface area contributed by atoms with Crippen LogP contribution in [0.5, 0.6) is 0 Å². The standard InChI is InChI=1S/C50H97NO5/c1-3-5-7-9-11-13-15-17-18-19-20-24-28-32-36-40-44-50(55)56-45-41-37-33-29-25-21-23-27-31-35-39-43-49(54)51-47(46-52)48(53)42-38-34-30-26-22-16-14-12-10-8-6-4-2/h38,42,47-48,52-53H,3-37,39-41,43-46H2,1-2H3,(H,51,54)/b42-38+. The van der Waals surface area contributed by atoms with Gasteiger partial charge in [-0.3, -0.25) is 9.59 Å². The fourth-order valence-corrected chi connectivity index (χ4v) is 7.69. The van der Waals surface area contributed by atoms with Crippen molar-refractivity contribution in [3.8, 4) is 0 Å². The summed E-state index contributed by atoms with van der Waals surface area (Å²) < 4.78 is 5.46. The van der Waals surface area contributed by atoms with E-state index in [1.165, 1.54) is 186 Å². The van der Waals surface area contributed by atoms with E-state index in [4.69, 9.17) is 4.74 Å². The molecule has 0 bridgehead atoms. The maximum absolute atomic E-state index is 12.4. The second-order valence-electron chi connectivity index (χ2n) is 17.2. The predicted octanol–water partition coefficient (Wildman–Crippen LogP) is 14.6. The summed E-state index contributed by atoms with van der Waals surface area (Å²) in [4.78, 5) is 24.4. The van der Waals surface area contributed by atoms with E-state index in [0.717, 1.165) is 57.8 Å². The largest absolute Gasteiger partial charge is 0.466 e. The van der Waals surface area contributed by atoms with Crippen LogP contribution in [0.25, 0.3) is 0 Å². The Morgan fingerprint density at radius 3 is 1.21 bits per heavy atom. The summed E-state index contributed by atoms with van der Waals surface area (Å²) in [6, 6.07) is -0.639. The van der Waals surface area contributed by atoms with Gasteiger partial charge in [0.2, 0.25) is 5.91 Å². The molecule has 2 atom stereocenters. The van der Waals surface area contributed by atoms with E-state index < -0.39 is 12.1 Å². The first kappa shape index (κ1) is 54.6. The van der Waals surface area contributed by atoms with Crippen molar-refractivity contribution in [3.05, 3.63) is 12.2 Å². The smallest absolute Gasteiger partial charge is 0.305 e. The first-order valence-electron chi connectivity index (χ1n) is 25.0. The SMILES string of the molecule is CCCCCCCCCCCC/C=C/C(O)C(CO)NC(=O)CCCCCCCCCCCCCOC(=O)CCCCCCCCCCCCCCCCCC. The third-order valence-corrected chi connectivity index (χ3v) is 11.6. The summed E-state index contributed by atoms with van der Waals surface area (Å²) in [5, 5.41) is 23.0. The summed E-state index contributed by atoms with van der Waals surface area (Å²) in [6.45, 7) is 4.86. The molecule has 0 spiro atoms. The van der Waals surface area contributed by atoms with Crippen molar-refractivity contribution in [1.82, 2.24) is 5.32 Å². The minimum atomic E-state index is -0.854. The molecule has 0 aromatic rings. The van der Waals surface area contributed by atoms with Crippen LogP contribution in [-0.4, -0.2) is 47.4 Å². The van der Waals surface area contributed by atoms with Crippen molar-refractivity contribution in [2.75, 3.05) is 13.2 Å². The number of carbonyl (C=O) groups excluding carboxylic acids is 2. The van der Waals surface area contributed by atoms with Gasteiger partial charge in [0.15, 0.2) is 0 Å². The minimum Gasteiger partial charge on any atom is -0.466 e. The lowest BCUT2D eigenvalue weighted by atomic mass is 10.0. The van der Waals surface area contributed by atoms with Crippen LogP contribution in [0.3, 0.4) is 0 Å². The van der Waals surface area contributed by atoms with Crippen molar-refractivity contribution in [3.63, 3.8) is 0 Å². The van der Waals surface area contributed by atoms with E-state index in [2.05, 4.69) is 19.2 Å². The molecule has 0 aliphatic rings. The van der Waals surface area contributed by atoms with Crippen LogP contribution in [-0.2, 0) is 14.3 Å².